The van der Waals surface area contributed by atoms with E-state index in [0.717, 1.165) is 31.6 Å². The molecule has 1 saturated carbocycles. The first-order valence-corrected chi connectivity index (χ1v) is 7.80. The molecular weight excluding hydrogens is 269 g/mol. The third-order valence-electron chi connectivity index (χ3n) is 4.92. The molecule has 0 amide bonds. The number of halogens is 1. The molecule has 2 unspecified atom stereocenters. The van der Waals surface area contributed by atoms with Crippen LogP contribution in [0.15, 0.2) is 18.2 Å². The van der Waals surface area contributed by atoms with Crippen molar-refractivity contribution in [1.29, 1.82) is 0 Å². The minimum Gasteiger partial charge on any atom is -0.494 e. The van der Waals surface area contributed by atoms with Gasteiger partial charge in [-0.2, -0.15) is 0 Å². The van der Waals surface area contributed by atoms with Gasteiger partial charge in [0.15, 0.2) is 11.6 Å². The number of ether oxygens (including phenoxy) is 2. The summed E-state index contributed by atoms with van der Waals surface area (Å²) < 4.78 is 24.7. The van der Waals surface area contributed by atoms with Crippen molar-refractivity contribution in [3.05, 3.63) is 29.6 Å². The topological polar surface area (TPSA) is 30.5 Å². The zero-order chi connectivity index (χ0) is 14.9. The van der Waals surface area contributed by atoms with Crippen molar-refractivity contribution < 1.29 is 13.9 Å². The lowest BCUT2D eigenvalue weighted by Gasteiger charge is -2.33. The van der Waals surface area contributed by atoms with Crippen LogP contribution < -0.4 is 10.1 Å². The normalized spacial score (nSPS) is 28.8. The van der Waals surface area contributed by atoms with Gasteiger partial charge in [0.05, 0.1) is 13.2 Å². The average Bonchev–Trinajstić information content (AvgIpc) is 3.23. The van der Waals surface area contributed by atoms with Crippen LogP contribution in [-0.2, 0) is 11.2 Å². The van der Waals surface area contributed by atoms with Crippen LogP contribution in [0.1, 0.15) is 31.7 Å². The van der Waals surface area contributed by atoms with E-state index in [-0.39, 0.29) is 17.3 Å². The number of nitrogens with one attached hydrogen (secondary N) is 1. The first-order chi connectivity index (χ1) is 10.1. The lowest BCUT2D eigenvalue weighted by atomic mass is 9.76. The van der Waals surface area contributed by atoms with Crippen molar-refractivity contribution in [2.24, 2.45) is 5.41 Å². The van der Waals surface area contributed by atoms with Crippen LogP contribution in [0.5, 0.6) is 5.75 Å². The van der Waals surface area contributed by atoms with Crippen molar-refractivity contribution in [1.82, 2.24) is 5.32 Å². The largest absolute Gasteiger partial charge is 0.494 e. The van der Waals surface area contributed by atoms with Crippen molar-refractivity contribution in [2.45, 2.75) is 44.8 Å². The van der Waals surface area contributed by atoms with E-state index in [0.29, 0.717) is 11.8 Å². The summed E-state index contributed by atoms with van der Waals surface area (Å²) in [7, 11) is 1.49. The Morgan fingerprint density at radius 2 is 2.24 bits per heavy atom. The highest BCUT2D eigenvalue weighted by Gasteiger charge is 2.42. The van der Waals surface area contributed by atoms with Gasteiger partial charge in [0.25, 0.3) is 0 Å². The molecule has 2 fully saturated rings. The summed E-state index contributed by atoms with van der Waals surface area (Å²) in [6, 6.07) is 5.96. The molecule has 1 N–H and O–H groups in total. The van der Waals surface area contributed by atoms with E-state index in [1.807, 2.05) is 6.07 Å². The van der Waals surface area contributed by atoms with Gasteiger partial charge in [-0.1, -0.05) is 6.07 Å². The molecule has 0 bridgehead atoms. The van der Waals surface area contributed by atoms with Gasteiger partial charge < -0.3 is 14.8 Å². The highest BCUT2D eigenvalue weighted by molar-refractivity contribution is 5.30. The standard InChI is InChI=1S/C17H24FNO2/c1-12-17(7-8-21-12,11-19-14-4-5-14)10-13-3-6-16(20-2)15(18)9-13/h3,6,9,12,14,19H,4-5,7-8,10-11H2,1-2H3. The van der Waals surface area contributed by atoms with Crippen molar-refractivity contribution in [3.8, 4) is 5.75 Å². The number of rotatable bonds is 6. The molecule has 3 nitrogen and oxygen atoms in total. The fourth-order valence-electron chi connectivity index (χ4n) is 3.21. The van der Waals surface area contributed by atoms with Crippen molar-refractivity contribution in [3.63, 3.8) is 0 Å². The quantitative estimate of drug-likeness (QED) is 0.875. The van der Waals surface area contributed by atoms with Crippen molar-refractivity contribution in [2.75, 3.05) is 20.3 Å². The second-order valence-corrected chi connectivity index (χ2v) is 6.43. The maximum Gasteiger partial charge on any atom is 0.165 e. The van der Waals surface area contributed by atoms with E-state index < -0.39 is 0 Å². The zero-order valence-corrected chi connectivity index (χ0v) is 12.8. The van der Waals surface area contributed by atoms with Crippen LogP contribution in [0.3, 0.4) is 0 Å². The molecule has 0 spiro atoms. The first kappa shape index (κ1) is 14.8. The maximum atomic E-state index is 13.9. The lowest BCUT2D eigenvalue weighted by Crippen LogP contribution is -2.42. The molecule has 3 rings (SSSR count). The maximum absolute atomic E-state index is 13.9. The molecule has 1 heterocycles. The third-order valence-corrected chi connectivity index (χ3v) is 4.92. The molecule has 4 heteroatoms. The molecule has 0 radical (unpaired) electrons. The summed E-state index contributed by atoms with van der Waals surface area (Å²) in [5.41, 5.74) is 1.09. The highest BCUT2D eigenvalue weighted by atomic mass is 19.1. The molecule has 0 aromatic heterocycles. The summed E-state index contributed by atoms with van der Waals surface area (Å²) >= 11 is 0. The Bertz CT molecular complexity index is 504. The van der Waals surface area contributed by atoms with E-state index in [1.165, 1.54) is 20.0 Å². The van der Waals surface area contributed by atoms with Crippen LogP contribution >= 0.6 is 0 Å². The van der Waals surface area contributed by atoms with E-state index in [1.54, 1.807) is 12.1 Å². The van der Waals surface area contributed by atoms with E-state index in [2.05, 4.69) is 12.2 Å². The first-order valence-electron chi connectivity index (χ1n) is 7.80. The number of methoxy groups -OCH3 is 1. The van der Waals surface area contributed by atoms with Crippen LogP contribution in [0, 0.1) is 11.2 Å². The highest BCUT2D eigenvalue weighted by Crippen LogP contribution is 2.39. The predicted molar refractivity (Wildman–Crippen MR) is 80.1 cm³/mol. The number of hydrogen-bond donors (Lipinski definition) is 1. The number of benzene rings is 1. The molecule has 1 aliphatic carbocycles. The van der Waals surface area contributed by atoms with Gasteiger partial charge in [0.1, 0.15) is 0 Å². The smallest absolute Gasteiger partial charge is 0.165 e. The van der Waals surface area contributed by atoms with Crippen molar-refractivity contribution >= 4 is 0 Å². The molecule has 2 aliphatic rings. The summed E-state index contributed by atoms with van der Waals surface area (Å²) in [6.45, 7) is 3.89. The molecule has 1 aromatic rings. The molecule has 2 atom stereocenters. The van der Waals surface area contributed by atoms with Gasteiger partial charge in [0, 0.05) is 24.6 Å². The molecule has 1 aliphatic heterocycles. The molecule has 116 valence electrons. The SMILES string of the molecule is COc1ccc(CC2(CNC3CC3)CCOC2C)cc1F. The van der Waals surface area contributed by atoms with Gasteiger partial charge in [-0.3, -0.25) is 0 Å². The second-order valence-electron chi connectivity index (χ2n) is 6.43. The summed E-state index contributed by atoms with van der Waals surface area (Å²) in [5, 5.41) is 3.63. The average molecular weight is 293 g/mol. The third kappa shape index (κ3) is 3.22. The fourth-order valence-corrected chi connectivity index (χ4v) is 3.21. The minimum absolute atomic E-state index is 0.0730. The van der Waals surface area contributed by atoms with E-state index in [4.69, 9.17) is 9.47 Å². The van der Waals surface area contributed by atoms with Crippen LogP contribution in [0.25, 0.3) is 0 Å². The Labute approximate surface area is 125 Å². The van der Waals surface area contributed by atoms with Gasteiger partial charge in [0.2, 0.25) is 0 Å². The Hall–Kier alpha value is -1.13. The summed E-state index contributed by atoms with van der Waals surface area (Å²) in [6.07, 6.45) is 4.63. The summed E-state index contributed by atoms with van der Waals surface area (Å²) in [4.78, 5) is 0. The van der Waals surface area contributed by atoms with E-state index in [9.17, 15) is 4.39 Å². The van der Waals surface area contributed by atoms with Crippen LogP contribution in [-0.4, -0.2) is 32.4 Å². The lowest BCUT2D eigenvalue weighted by molar-refractivity contribution is 0.0628. The minimum atomic E-state index is -0.285. The molecule has 1 saturated heterocycles. The van der Waals surface area contributed by atoms with Gasteiger partial charge in [-0.15, -0.1) is 0 Å². The molecule has 1 aromatic carbocycles. The Morgan fingerprint density at radius 3 is 2.81 bits per heavy atom. The summed E-state index contributed by atoms with van der Waals surface area (Å²) in [5.74, 6) is 0.0199. The molecule has 21 heavy (non-hydrogen) atoms. The predicted octanol–water partition coefficient (Wildman–Crippen LogP) is 2.92. The zero-order valence-electron chi connectivity index (χ0n) is 12.8. The Balaban J connectivity index is 1.75. The van der Waals surface area contributed by atoms with Gasteiger partial charge in [-0.05, 0) is 50.3 Å². The van der Waals surface area contributed by atoms with E-state index >= 15 is 0 Å². The van der Waals surface area contributed by atoms with Gasteiger partial charge in [-0.25, -0.2) is 4.39 Å². The monoisotopic (exact) mass is 293 g/mol. The fraction of sp³-hybridized carbons (Fsp3) is 0.647. The Kier molecular flexibility index (Phi) is 4.18. The Morgan fingerprint density at radius 1 is 1.43 bits per heavy atom. The van der Waals surface area contributed by atoms with Gasteiger partial charge >= 0.3 is 0 Å². The second kappa shape index (κ2) is 5.93. The van der Waals surface area contributed by atoms with Crippen LogP contribution in [0.4, 0.5) is 4.39 Å². The van der Waals surface area contributed by atoms with Crippen LogP contribution in [0.2, 0.25) is 0 Å². The molecular formula is C17H24FNO2. The number of hydrogen-bond acceptors (Lipinski definition) is 3.